The average molecular weight is 452 g/mol. The Bertz CT molecular complexity index is 712. The first-order valence-electron chi connectivity index (χ1n) is 11.4. The highest BCUT2D eigenvalue weighted by Crippen LogP contribution is 2.20. The van der Waals surface area contributed by atoms with Gasteiger partial charge in [0.2, 0.25) is 0 Å². The van der Waals surface area contributed by atoms with Gasteiger partial charge in [-0.2, -0.15) is 0 Å². The van der Waals surface area contributed by atoms with Crippen molar-refractivity contribution in [3.63, 3.8) is 0 Å². The van der Waals surface area contributed by atoms with Crippen LogP contribution in [0.5, 0.6) is 0 Å². The number of nitrogens with zero attached hydrogens (tertiary/aromatic N) is 3. The third-order valence-corrected chi connectivity index (χ3v) is 6.06. The zero-order valence-electron chi connectivity index (χ0n) is 19.6. The number of amides is 1. The topological polar surface area (TPSA) is 45.2 Å². The minimum Gasteiger partial charge on any atom is -0.444 e. The second kappa shape index (κ2) is 10.5. The average Bonchev–Trinajstić information content (AvgIpc) is 2.66. The summed E-state index contributed by atoms with van der Waals surface area (Å²) in [6, 6.07) is 8.00. The molecule has 6 nitrogen and oxygen atoms in total. The molecule has 7 heteroatoms. The van der Waals surface area contributed by atoms with Crippen molar-refractivity contribution in [2.45, 2.75) is 64.9 Å². The Labute approximate surface area is 192 Å². The molecule has 3 atom stereocenters. The maximum Gasteiger partial charge on any atom is 0.410 e. The Hall–Kier alpha value is -1.34. The Kier molecular flexibility index (Phi) is 8.25. The van der Waals surface area contributed by atoms with Crippen LogP contribution in [-0.2, 0) is 15.9 Å². The van der Waals surface area contributed by atoms with Crippen LogP contribution in [0.25, 0.3) is 0 Å². The molecular weight excluding hydrogens is 414 g/mol. The maximum absolute atomic E-state index is 12.9. The molecule has 31 heavy (non-hydrogen) atoms. The summed E-state index contributed by atoms with van der Waals surface area (Å²) in [6.07, 6.45) is 1.14. The molecule has 3 rings (SSSR count). The smallest absolute Gasteiger partial charge is 0.410 e. The highest BCUT2D eigenvalue weighted by Gasteiger charge is 2.33. The third-order valence-electron chi connectivity index (χ3n) is 5.81. The van der Waals surface area contributed by atoms with Gasteiger partial charge in [0.15, 0.2) is 0 Å². The van der Waals surface area contributed by atoms with E-state index >= 15 is 0 Å². The largest absolute Gasteiger partial charge is 0.444 e. The predicted molar refractivity (Wildman–Crippen MR) is 125 cm³/mol. The van der Waals surface area contributed by atoms with Crippen molar-refractivity contribution < 1.29 is 14.3 Å². The molecule has 1 amide bonds. The number of hydrogen-bond donors (Lipinski definition) is 0. The highest BCUT2D eigenvalue weighted by molar-refractivity contribution is 6.30. The van der Waals surface area contributed by atoms with Gasteiger partial charge in [-0.1, -0.05) is 23.7 Å². The third kappa shape index (κ3) is 7.63. The van der Waals surface area contributed by atoms with Crippen molar-refractivity contribution in [2.24, 2.45) is 0 Å². The van der Waals surface area contributed by atoms with Gasteiger partial charge in [-0.25, -0.2) is 4.79 Å². The van der Waals surface area contributed by atoms with Crippen LogP contribution in [0, 0.1) is 0 Å². The molecule has 0 N–H and O–H groups in total. The normalized spacial score (nSPS) is 26.1. The molecule has 1 aromatic carbocycles. The Morgan fingerprint density at radius 3 is 2.26 bits per heavy atom. The molecule has 0 unspecified atom stereocenters. The van der Waals surface area contributed by atoms with Crippen molar-refractivity contribution in [3.8, 4) is 0 Å². The number of benzene rings is 1. The van der Waals surface area contributed by atoms with Crippen LogP contribution in [0.2, 0.25) is 5.02 Å². The molecule has 0 aromatic heterocycles. The summed E-state index contributed by atoms with van der Waals surface area (Å²) in [7, 11) is 0. The Morgan fingerprint density at radius 1 is 1.03 bits per heavy atom. The number of ether oxygens (including phenoxy) is 2. The number of piperazine rings is 1. The van der Waals surface area contributed by atoms with Gasteiger partial charge in [-0.3, -0.25) is 9.80 Å². The van der Waals surface area contributed by atoms with Crippen LogP contribution in [0.1, 0.15) is 40.2 Å². The molecule has 0 aliphatic carbocycles. The SMILES string of the molecule is C[C@@H]1CN(CCN2CCN(C(=O)OC(C)(C)C)[C@H](Cc3ccc(Cl)cc3)C2)C[C@H](C)O1. The van der Waals surface area contributed by atoms with Crippen LogP contribution in [0.4, 0.5) is 4.79 Å². The lowest BCUT2D eigenvalue weighted by molar-refractivity contribution is -0.0706. The molecule has 174 valence electrons. The second-order valence-corrected chi connectivity index (χ2v) is 10.4. The van der Waals surface area contributed by atoms with E-state index in [1.54, 1.807) is 0 Å². The molecule has 2 aliphatic rings. The van der Waals surface area contributed by atoms with Gasteiger partial charge in [0.05, 0.1) is 18.2 Å². The van der Waals surface area contributed by atoms with Gasteiger partial charge >= 0.3 is 6.09 Å². The monoisotopic (exact) mass is 451 g/mol. The van der Waals surface area contributed by atoms with Crippen LogP contribution < -0.4 is 0 Å². The van der Waals surface area contributed by atoms with E-state index in [9.17, 15) is 4.79 Å². The molecule has 0 saturated carbocycles. The van der Waals surface area contributed by atoms with Crippen LogP contribution in [-0.4, -0.2) is 90.5 Å². The number of rotatable bonds is 5. The van der Waals surface area contributed by atoms with E-state index in [4.69, 9.17) is 21.1 Å². The van der Waals surface area contributed by atoms with Crippen LogP contribution >= 0.6 is 11.6 Å². The zero-order chi connectivity index (χ0) is 22.6. The summed E-state index contributed by atoms with van der Waals surface area (Å²) < 4.78 is 11.6. The maximum atomic E-state index is 12.9. The molecule has 0 spiro atoms. The van der Waals surface area contributed by atoms with Gasteiger partial charge in [-0.15, -0.1) is 0 Å². The van der Waals surface area contributed by atoms with Crippen molar-refractivity contribution in [2.75, 3.05) is 45.8 Å². The predicted octanol–water partition coefficient (Wildman–Crippen LogP) is 3.91. The highest BCUT2D eigenvalue weighted by atomic mass is 35.5. The van der Waals surface area contributed by atoms with Gasteiger partial charge < -0.3 is 14.4 Å². The minimum atomic E-state index is -0.497. The summed E-state index contributed by atoms with van der Waals surface area (Å²) in [5.41, 5.74) is 0.684. The number of hydrogen-bond acceptors (Lipinski definition) is 5. The lowest BCUT2D eigenvalue weighted by Crippen LogP contribution is -2.58. The molecule has 0 radical (unpaired) electrons. The minimum absolute atomic E-state index is 0.0762. The summed E-state index contributed by atoms with van der Waals surface area (Å²) in [4.78, 5) is 19.8. The number of carbonyl (C=O) groups is 1. The lowest BCUT2D eigenvalue weighted by Gasteiger charge is -2.43. The fourth-order valence-electron chi connectivity index (χ4n) is 4.50. The van der Waals surface area contributed by atoms with E-state index in [0.29, 0.717) is 6.54 Å². The van der Waals surface area contributed by atoms with Gasteiger partial charge in [-0.05, 0) is 58.7 Å². The summed E-state index contributed by atoms with van der Waals surface area (Å²) in [5, 5.41) is 0.729. The van der Waals surface area contributed by atoms with Gasteiger partial charge in [0, 0.05) is 50.8 Å². The van der Waals surface area contributed by atoms with Gasteiger partial charge in [0.25, 0.3) is 0 Å². The second-order valence-electron chi connectivity index (χ2n) is 9.98. The first-order chi connectivity index (χ1) is 14.6. The van der Waals surface area contributed by atoms with E-state index in [0.717, 1.165) is 50.7 Å². The number of halogens is 1. The summed E-state index contributed by atoms with van der Waals surface area (Å²) in [5.74, 6) is 0. The molecule has 1 aromatic rings. The van der Waals surface area contributed by atoms with E-state index in [1.807, 2.05) is 49.9 Å². The van der Waals surface area contributed by atoms with E-state index < -0.39 is 5.60 Å². The number of carbonyl (C=O) groups excluding carboxylic acids is 1. The molecular formula is C24H38ClN3O3. The molecule has 2 fully saturated rings. The standard InChI is InChI=1S/C24H38ClN3O3/c1-18-15-27(16-19(2)30-18)11-10-26-12-13-28(23(29)31-24(3,4)5)22(17-26)14-20-6-8-21(25)9-7-20/h6-9,18-19,22H,10-17H2,1-5H3/t18-,19+,22-/m1/s1. The van der Waals surface area contributed by atoms with E-state index in [1.165, 1.54) is 5.56 Å². The van der Waals surface area contributed by atoms with Crippen LogP contribution in [0.3, 0.4) is 0 Å². The number of morpholine rings is 1. The van der Waals surface area contributed by atoms with Crippen molar-refractivity contribution in [3.05, 3.63) is 34.9 Å². The van der Waals surface area contributed by atoms with Crippen molar-refractivity contribution >= 4 is 17.7 Å². The summed E-state index contributed by atoms with van der Waals surface area (Å²) in [6.45, 7) is 16.4. The first-order valence-corrected chi connectivity index (χ1v) is 11.8. The Balaban J connectivity index is 1.63. The lowest BCUT2D eigenvalue weighted by atomic mass is 10.0. The fraction of sp³-hybridized carbons (Fsp3) is 0.708. The first kappa shape index (κ1) is 24.3. The molecule has 2 saturated heterocycles. The molecule has 0 bridgehead atoms. The molecule has 2 aliphatic heterocycles. The Morgan fingerprint density at radius 2 is 1.65 bits per heavy atom. The quantitative estimate of drug-likeness (QED) is 0.679. The fourth-order valence-corrected chi connectivity index (χ4v) is 4.63. The summed E-state index contributed by atoms with van der Waals surface area (Å²) >= 11 is 6.06. The van der Waals surface area contributed by atoms with Crippen LogP contribution in [0.15, 0.2) is 24.3 Å². The van der Waals surface area contributed by atoms with Crippen molar-refractivity contribution in [1.82, 2.24) is 14.7 Å². The van der Waals surface area contributed by atoms with Gasteiger partial charge in [0.1, 0.15) is 5.60 Å². The van der Waals surface area contributed by atoms with E-state index in [2.05, 4.69) is 23.6 Å². The molecule has 2 heterocycles. The van der Waals surface area contributed by atoms with Crippen molar-refractivity contribution in [1.29, 1.82) is 0 Å². The van der Waals surface area contributed by atoms with E-state index in [-0.39, 0.29) is 24.3 Å². The zero-order valence-corrected chi connectivity index (χ0v) is 20.4.